The maximum atomic E-state index is 12.6. The quantitative estimate of drug-likeness (QED) is 0.511. The van der Waals surface area contributed by atoms with E-state index < -0.39 is 17.9 Å². The molecule has 0 radical (unpaired) electrons. The minimum Gasteiger partial charge on any atom is -0.394 e. The molecule has 4 N–H and O–H groups in total. The van der Waals surface area contributed by atoms with Gasteiger partial charge in [-0.05, 0) is 36.1 Å². The van der Waals surface area contributed by atoms with Gasteiger partial charge in [-0.1, -0.05) is 50.2 Å². The molecular weight excluding hydrogens is 370 g/mol. The first-order valence-corrected chi connectivity index (χ1v) is 9.66. The summed E-state index contributed by atoms with van der Waals surface area (Å²) in [6.45, 7) is 3.96. The number of benzene rings is 2. The number of rotatable bonds is 8. The second kappa shape index (κ2) is 11.0. The van der Waals surface area contributed by atoms with Crippen molar-refractivity contribution in [1.29, 1.82) is 0 Å². The van der Waals surface area contributed by atoms with E-state index >= 15 is 0 Å². The number of para-hydroxylation sites is 1. The highest BCUT2D eigenvalue weighted by atomic mass is 16.3. The van der Waals surface area contributed by atoms with Gasteiger partial charge in [-0.15, -0.1) is 0 Å². The predicted molar refractivity (Wildman–Crippen MR) is 111 cm³/mol. The molecule has 1 atom stereocenters. The molecular formula is C22H27N3O4. The summed E-state index contributed by atoms with van der Waals surface area (Å²) >= 11 is 0. The number of aliphatic hydroxyl groups is 1. The molecule has 0 aliphatic rings. The maximum absolute atomic E-state index is 12.6. The monoisotopic (exact) mass is 397 g/mol. The minimum atomic E-state index is -0.896. The highest BCUT2D eigenvalue weighted by Gasteiger charge is 2.19. The first kappa shape index (κ1) is 22.1. The number of carbonyl (C=O) groups is 3. The van der Waals surface area contributed by atoms with E-state index in [4.69, 9.17) is 5.11 Å². The van der Waals surface area contributed by atoms with Crippen LogP contribution in [0.4, 0.5) is 5.69 Å². The van der Waals surface area contributed by atoms with E-state index in [1.54, 1.807) is 31.2 Å². The average molecular weight is 397 g/mol. The van der Waals surface area contributed by atoms with Gasteiger partial charge in [0.15, 0.2) is 0 Å². The Labute approximate surface area is 170 Å². The van der Waals surface area contributed by atoms with E-state index in [2.05, 4.69) is 22.9 Å². The van der Waals surface area contributed by atoms with E-state index in [0.717, 1.165) is 12.0 Å². The van der Waals surface area contributed by atoms with Crippen LogP contribution < -0.4 is 16.0 Å². The summed E-state index contributed by atoms with van der Waals surface area (Å²) in [6.07, 6.45) is 1.44. The van der Waals surface area contributed by atoms with Gasteiger partial charge in [0.2, 0.25) is 0 Å². The molecule has 0 spiro atoms. The second-order valence-electron chi connectivity index (χ2n) is 6.61. The number of nitrogens with one attached hydrogen (secondary N) is 3. The van der Waals surface area contributed by atoms with Gasteiger partial charge in [-0.2, -0.15) is 0 Å². The van der Waals surface area contributed by atoms with E-state index in [1.165, 1.54) is 5.56 Å². The van der Waals surface area contributed by atoms with Crippen molar-refractivity contribution < 1.29 is 19.5 Å². The molecule has 3 amide bonds. The summed E-state index contributed by atoms with van der Waals surface area (Å²) in [4.78, 5) is 36.7. The Morgan fingerprint density at radius 1 is 0.931 bits per heavy atom. The molecule has 0 fully saturated rings. The van der Waals surface area contributed by atoms with E-state index in [0.29, 0.717) is 13.0 Å². The van der Waals surface area contributed by atoms with Gasteiger partial charge in [0.25, 0.3) is 5.91 Å². The zero-order valence-corrected chi connectivity index (χ0v) is 16.7. The smallest absolute Gasteiger partial charge is 0.313 e. The molecule has 0 aliphatic heterocycles. The zero-order valence-electron chi connectivity index (χ0n) is 16.7. The zero-order chi connectivity index (χ0) is 21.2. The van der Waals surface area contributed by atoms with Gasteiger partial charge in [-0.3, -0.25) is 14.4 Å². The lowest BCUT2D eigenvalue weighted by Gasteiger charge is -2.15. The van der Waals surface area contributed by atoms with Gasteiger partial charge in [0, 0.05) is 6.54 Å². The molecule has 0 unspecified atom stereocenters. The number of carbonyl (C=O) groups excluding carboxylic acids is 3. The average Bonchev–Trinajstić information content (AvgIpc) is 2.76. The van der Waals surface area contributed by atoms with Crippen LogP contribution in [0.25, 0.3) is 0 Å². The Morgan fingerprint density at radius 2 is 1.59 bits per heavy atom. The van der Waals surface area contributed by atoms with Crippen LogP contribution in [0.2, 0.25) is 0 Å². The number of anilines is 1. The fourth-order valence-corrected chi connectivity index (χ4v) is 2.67. The maximum Gasteiger partial charge on any atom is 0.313 e. The molecule has 29 heavy (non-hydrogen) atoms. The molecule has 2 aromatic carbocycles. The molecule has 0 heterocycles. The first-order chi connectivity index (χ1) is 14.0. The van der Waals surface area contributed by atoms with Gasteiger partial charge in [-0.25, -0.2) is 0 Å². The van der Waals surface area contributed by atoms with Crippen LogP contribution >= 0.6 is 0 Å². The molecule has 0 aliphatic carbocycles. The van der Waals surface area contributed by atoms with Crippen LogP contribution in [0.15, 0.2) is 48.5 Å². The molecule has 2 rings (SSSR count). The van der Waals surface area contributed by atoms with Crippen molar-refractivity contribution in [2.45, 2.75) is 39.3 Å². The van der Waals surface area contributed by atoms with E-state index in [-0.39, 0.29) is 23.8 Å². The highest BCUT2D eigenvalue weighted by molar-refractivity contribution is 6.40. The Morgan fingerprint density at radius 3 is 2.21 bits per heavy atom. The first-order valence-electron chi connectivity index (χ1n) is 9.66. The Kier molecular flexibility index (Phi) is 8.36. The Balaban J connectivity index is 2.02. The summed E-state index contributed by atoms with van der Waals surface area (Å²) in [6, 6.07) is 13.9. The fourth-order valence-electron chi connectivity index (χ4n) is 2.67. The largest absolute Gasteiger partial charge is 0.394 e. The van der Waals surface area contributed by atoms with Gasteiger partial charge in [0.1, 0.15) is 0 Å². The summed E-state index contributed by atoms with van der Waals surface area (Å²) < 4.78 is 0. The molecule has 2 aromatic rings. The summed E-state index contributed by atoms with van der Waals surface area (Å²) in [5.41, 5.74) is 2.68. The van der Waals surface area contributed by atoms with E-state index in [9.17, 15) is 14.4 Å². The number of hydrogen-bond donors (Lipinski definition) is 4. The third-order valence-electron chi connectivity index (χ3n) is 4.56. The number of aryl methyl sites for hydroxylation is 1. The number of aliphatic hydroxyl groups excluding tert-OH is 1. The van der Waals surface area contributed by atoms with Crippen LogP contribution in [0.5, 0.6) is 0 Å². The minimum absolute atomic E-state index is 0.239. The summed E-state index contributed by atoms with van der Waals surface area (Å²) in [7, 11) is 0. The molecule has 0 saturated carbocycles. The summed E-state index contributed by atoms with van der Waals surface area (Å²) in [5.74, 6) is -2.12. The summed E-state index contributed by atoms with van der Waals surface area (Å²) in [5, 5.41) is 16.9. The lowest BCUT2D eigenvalue weighted by atomic mass is 10.1. The van der Waals surface area contributed by atoms with Crippen molar-refractivity contribution >= 4 is 23.4 Å². The van der Waals surface area contributed by atoms with Crippen molar-refractivity contribution in [1.82, 2.24) is 10.6 Å². The molecule has 0 aromatic heterocycles. The highest BCUT2D eigenvalue weighted by Crippen LogP contribution is 2.15. The lowest BCUT2D eigenvalue weighted by Crippen LogP contribution is -2.43. The lowest BCUT2D eigenvalue weighted by molar-refractivity contribution is -0.136. The SMILES string of the molecule is CCc1ccc(CNC(=O)c2ccccc2NC(=O)C(=O)N[C@@H](CC)CO)cc1. The third kappa shape index (κ3) is 6.43. The van der Waals surface area contributed by atoms with E-state index in [1.807, 2.05) is 24.3 Å². The molecule has 0 saturated heterocycles. The normalized spacial score (nSPS) is 11.4. The standard InChI is InChI=1S/C22H27N3O4/c1-3-15-9-11-16(12-10-15)13-23-20(27)18-7-5-6-8-19(18)25-22(29)21(28)24-17(4-2)14-26/h5-12,17,26H,3-4,13-14H2,1-2H3,(H,23,27)(H,24,28)(H,25,29)/t17-/m0/s1. The van der Waals surface area contributed by atoms with Crippen LogP contribution in [0, 0.1) is 0 Å². The van der Waals surface area contributed by atoms with Crippen LogP contribution in [-0.2, 0) is 22.6 Å². The van der Waals surface area contributed by atoms with Crippen molar-refractivity contribution in [3.8, 4) is 0 Å². The second-order valence-corrected chi connectivity index (χ2v) is 6.61. The van der Waals surface area contributed by atoms with Gasteiger partial charge >= 0.3 is 11.8 Å². The van der Waals surface area contributed by atoms with Crippen molar-refractivity contribution in [2.75, 3.05) is 11.9 Å². The topological polar surface area (TPSA) is 108 Å². The predicted octanol–water partition coefficient (Wildman–Crippen LogP) is 2.00. The van der Waals surface area contributed by atoms with Gasteiger partial charge in [0.05, 0.1) is 23.9 Å². The fraction of sp³-hybridized carbons (Fsp3) is 0.318. The Bertz CT molecular complexity index is 845. The van der Waals surface area contributed by atoms with Crippen molar-refractivity contribution in [2.24, 2.45) is 0 Å². The molecule has 0 bridgehead atoms. The Hall–Kier alpha value is -3.19. The molecule has 7 heteroatoms. The molecule has 154 valence electrons. The number of amides is 3. The van der Waals surface area contributed by atoms with Gasteiger partial charge < -0.3 is 21.1 Å². The number of hydrogen-bond acceptors (Lipinski definition) is 4. The molecule has 7 nitrogen and oxygen atoms in total. The third-order valence-corrected chi connectivity index (χ3v) is 4.56. The van der Waals surface area contributed by atoms with Crippen molar-refractivity contribution in [3.05, 3.63) is 65.2 Å². The van der Waals surface area contributed by atoms with Crippen LogP contribution in [0.3, 0.4) is 0 Å². The van der Waals surface area contributed by atoms with Crippen LogP contribution in [0.1, 0.15) is 41.8 Å². The van der Waals surface area contributed by atoms with Crippen LogP contribution in [-0.4, -0.2) is 35.5 Å². The van der Waals surface area contributed by atoms with Crippen molar-refractivity contribution in [3.63, 3.8) is 0 Å².